The summed E-state index contributed by atoms with van der Waals surface area (Å²) in [5, 5.41) is 2.91. The number of piperazine rings is 1. The molecule has 5 rings (SSSR count). The average molecular weight is 422 g/mol. The van der Waals surface area contributed by atoms with E-state index in [9.17, 15) is 4.79 Å². The quantitative estimate of drug-likeness (QED) is 0.691. The Hall–Kier alpha value is -3.04. The van der Waals surface area contributed by atoms with E-state index in [4.69, 9.17) is 4.74 Å². The Morgan fingerprint density at radius 1 is 1.06 bits per heavy atom. The van der Waals surface area contributed by atoms with E-state index in [2.05, 4.69) is 41.7 Å². The highest BCUT2D eigenvalue weighted by Crippen LogP contribution is 2.25. The maximum atomic E-state index is 12.7. The molecular weight excluding hydrogens is 394 g/mol. The number of nitrogens with zero attached hydrogens (tertiary/aromatic N) is 6. The van der Waals surface area contributed by atoms with E-state index < -0.39 is 0 Å². The molecule has 2 aliphatic heterocycles. The van der Waals surface area contributed by atoms with Gasteiger partial charge in [0, 0.05) is 51.6 Å². The average Bonchev–Trinajstić information content (AvgIpc) is 3.24. The molecule has 0 radical (unpaired) electrons. The van der Waals surface area contributed by atoms with Gasteiger partial charge in [0.05, 0.1) is 23.8 Å². The van der Waals surface area contributed by atoms with Crippen molar-refractivity contribution in [1.29, 1.82) is 0 Å². The van der Waals surface area contributed by atoms with Crippen molar-refractivity contribution in [3.05, 3.63) is 42.5 Å². The summed E-state index contributed by atoms with van der Waals surface area (Å²) in [5.41, 5.74) is 2.67. The molecule has 9 nitrogen and oxygen atoms in total. The van der Waals surface area contributed by atoms with Gasteiger partial charge in [0.15, 0.2) is 5.65 Å². The van der Waals surface area contributed by atoms with Crippen molar-refractivity contribution in [3.63, 3.8) is 0 Å². The van der Waals surface area contributed by atoms with Crippen molar-refractivity contribution < 1.29 is 9.53 Å². The second-order valence-electron chi connectivity index (χ2n) is 8.21. The molecule has 0 spiro atoms. The van der Waals surface area contributed by atoms with Crippen LogP contribution in [0.2, 0.25) is 0 Å². The predicted octanol–water partition coefficient (Wildman–Crippen LogP) is 2.18. The minimum absolute atomic E-state index is 0.218. The van der Waals surface area contributed by atoms with Crippen LogP contribution in [0, 0.1) is 0 Å². The SMILES string of the molecule is CN1CCN(c2ccc(NC(=O)c3cnc4c(c3)ncn4C3CCOCC3)cn2)CC1. The zero-order valence-electron chi connectivity index (χ0n) is 17.7. The van der Waals surface area contributed by atoms with Crippen molar-refractivity contribution in [3.8, 4) is 0 Å². The highest BCUT2D eigenvalue weighted by atomic mass is 16.5. The summed E-state index contributed by atoms with van der Waals surface area (Å²) in [6.07, 6.45) is 7.04. The van der Waals surface area contributed by atoms with Crippen molar-refractivity contribution in [1.82, 2.24) is 24.4 Å². The van der Waals surface area contributed by atoms with Gasteiger partial charge in [0.2, 0.25) is 0 Å². The molecule has 0 unspecified atom stereocenters. The third-order valence-electron chi connectivity index (χ3n) is 6.09. The predicted molar refractivity (Wildman–Crippen MR) is 119 cm³/mol. The molecule has 1 amide bonds. The van der Waals surface area contributed by atoms with Gasteiger partial charge in [-0.1, -0.05) is 0 Å². The monoisotopic (exact) mass is 421 g/mol. The molecule has 31 heavy (non-hydrogen) atoms. The minimum atomic E-state index is -0.218. The number of carbonyl (C=O) groups excluding carboxylic acids is 1. The Bertz CT molecular complexity index is 1050. The van der Waals surface area contributed by atoms with E-state index in [1.807, 2.05) is 18.5 Å². The topological polar surface area (TPSA) is 88.4 Å². The van der Waals surface area contributed by atoms with E-state index >= 15 is 0 Å². The molecule has 2 saturated heterocycles. The van der Waals surface area contributed by atoms with Gasteiger partial charge >= 0.3 is 0 Å². The highest BCUT2D eigenvalue weighted by Gasteiger charge is 2.19. The second-order valence-corrected chi connectivity index (χ2v) is 8.21. The fraction of sp³-hybridized carbons (Fsp3) is 0.455. The summed E-state index contributed by atoms with van der Waals surface area (Å²) in [7, 11) is 2.13. The van der Waals surface area contributed by atoms with Gasteiger partial charge in [0.25, 0.3) is 5.91 Å². The van der Waals surface area contributed by atoms with Gasteiger partial charge in [0.1, 0.15) is 11.3 Å². The number of ether oxygens (including phenoxy) is 1. The molecule has 0 aliphatic carbocycles. The van der Waals surface area contributed by atoms with Gasteiger partial charge in [-0.15, -0.1) is 0 Å². The van der Waals surface area contributed by atoms with E-state index in [0.717, 1.165) is 69.2 Å². The summed E-state index contributed by atoms with van der Waals surface area (Å²) in [6, 6.07) is 5.98. The Morgan fingerprint density at radius 2 is 1.87 bits per heavy atom. The van der Waals surface area contributed by atoms with Gasteiger partial charge in [-0.3, -0.25) is 4.79 Å². The van der Waals surface area contributed by atoms with Crippen molar-refractivity contribution in [2.45, 2.75) is 18.9 Å². The van der Waals surface area contributed by atoms with E-state index in [1.54, 1.807) is 18.5 Å². The van der Waals surface area contributed by atoms with Gasteiger partial charge in [-0.05, 0) is 38.1 Å². The van der Waals surface area contributed by atoms with Crippen LogP contribution in [-0.4, -0.2) is 76.8 Å². The summed E-state index contributed by atoms with van der Waals surface area (Å²) in [6.45, 7) is 5.49. The number of hydrogen-bond acceptors (Lipinski definition) is 7. The second kappa shape index (κ2) is 8.60. The lowest BCUT2D eigenvalue weighted by Crippen LogP contribution is -2.44. The van der Waals surface area contributed by atoms with Gasteiger partial charge in [-0.25, -0.2) is 15.0 Å². The number of fused-ring (bicyclic) bond motifs is 1. The zero-order chi connectivity index (χ0) is 21.2. The van der Waals surface area contributed by atoms with E-state index in [1.165, 1.54) is 0 Å². The van der Waals surface area contributed by atoms with Crippen LogP contribution in [0.5, 0.6) is 0 Å². The fourth-order valence-electron chi connectivity index (χ4n) is 4.16. The standard InChI is InChI=1S/C22H27N7O2/c1-27-6-8-28(9-7-27)20-3-2-17(14-23-20)26-22(30)16-12-19-21(24-13-16)29(15-25-19)18-4-10-31-11-5-18/h2-3,12-15,18H,4-11H2,1H3,(H,26,30). The first kappa shape index (κ1) is 19.9. The number of carbonyl (C=O) groups is 1. The van der Waals surface area contributed by atoms with Gasteiger partial charge in [-0.2, -0.15) is 0 Å². The van der Waals surface area contributed by atoms with Crippen LogP contribution in [0.4, 0.5) is 11.5 Å². The summed E-state index contributed by atoms with van der Waals surface area (Å²) in [5.74, 6) is 0.719. The van der Waals surface area contributed by atoms with Crippen LogP contribution in [0.25, 0.3) is 11.2 Å². The maximum Gasteiger partial charge on any atom is 0.257 e. The zero-order valence-corrected chi connectivity index (χ0v) is 17.7. The highest BCUT2D eigenvalue weighted by molar-refractivity contribution is 6.05. The lowest BCUT2D eigenvalue weighted by molar-refractivity contribution is 0.0704. The number of rotatable bonds is 4. The molecule has 0 atom stereocenters. The first-order chi connectivity index (χ1) is 15.2. The van der Waals surface area contributed by atoms with E-state index in [-0.39, 0.29) is 5.91 Å². The lowest BCUT2D eigenvalue weighted by Gasteiger charge is -2.33. The number of likely N-dealkylation sites (N-methyl/N-ethyl adjacent to an activating group) is 1. The van der Waals surface area contributed by atoms with Crippen molar-refractivity contribution >= 4 is 28.6 Å². The number of aromatic nitrogens is 4. The molecule has 3 aromatic heterocycles. The van der Waals surface area contributed by atoms with Crippen LogP contribution in [0.15, 0.2) is 36.9 Å². The normalized spacial score (nSPS) is 18.4. The van der Waals surface area contributed by atoms with Crippen LogP contribution in [-0.2, 0) is 4.74 Å². The summed E-state index contributed by atoms with van der Waals surface area (Å²) >= 11 is 0. The number of amides is 1. The smallest absolute Gasteiger partial charge is 0.257 e. The molecule has 2 fully saturated rings. The lowest BCUT2D eigenvalue weighted by atomic mass is 10.1. The molecule has 3 aromatic rings. The third-order valence-corrected chi connectivity index (χ3v) is 6.09. The molecule has 162 valence electrons. The van der Waals surface area contributed by atoms with E-state index in [0.29, 0.717) is 17.3 Å². The number of pyridine rings is 2. The number of nitrogens with one attached hydrogen (secondary N) is 1. The number of anilines is 2. The first-order valence-electron chi connectivity index (χ1n) is 10.8. The molecule has 5 heterocycles. The molecule has 0 bridgehead atoms. The fourth-order valence-corrected chi connectivity index (χ4v) is 4.16. The number of hydrogen-bond donors (Lipinski definition) is 1. The van der Waals surface area contributed by atoms with Crippen LogP contribution in [0.1, 0.15) is 29.2 Å². The molecule has 1 N–H and O–H groups in total. The van der Waals surface area contributed by atoms with Crippen LogP contribution >= 0.6 is 0 Å². The maximum absolute atomic E-state index is 12.7. The Kier molecular flexibility index (Phi) is 5.52. The minimum Gasteiger partial charge on any atom is -0.381 e. The van der Waals surface area contributed by atoms with Crippen molar-refractivity contribution in [2.24, 2.45) is 0 Å². The number of imidazole rings is 1. The van der Waals surface area contributed by atoms with Gasteiger partial charge < -0.3 is 24.4 Å². The molecular formula is C22H27N7O2. The van der Waals surface area contributed by atoms with Crippen molar-refractivity contribution in [2.75, 3.05) is 56.7 Å². The van der Waals surface area contributed by atoms with Crippen LogP contribution < -0.4 is 10.2 Å². The molecule has 2 aliphatic rings. The first-order valence-corrected chi connectivity index (χ1v) is 10.8. The largest absolute Gasteiger partial charge is 0.381 e. The molecule has 9 heteroatoms. The third kappa shape index (κ3) is 4.24. The summed E-state index contributed by atoms with van der Waals surface area (Å²) < 4.78 is 7.54. The Labute approximate surface area is 181 Å². The Morgan fingerprint density at radius 3 is 2.61 bits per heavy atom. The molecule has 0 saturated carbocycles. The van der Waals surface area contributed by atoms with Crippen LogP contribution in [0.3, 0.4) is 0 Å². The Balaban J connectivity index is 1.26. The summed E-state index contributed by atoms with van der Waals surface area (Å²) in [4.78, 5) is 30.8. The molecule has 0 aromatic carbocycles.